The molecule has 0 radical (unpaired) electrons. The highest BCUT2D eigenvalue weighted by Gasteiger charge is 2.11. The average molecular weight is 269 g/mol. The van der Waals surface area contributed by atoms with Crippen molar-refractivity contribution in [2.75, 3.05) is 19.6 Å². The third-order valence-electron chi connectivity index (χ3n) is 3.80. The van der Waals surface area contributed by atoms with Crippen LogP contribution < -0.4 is 5.56 Å². The van der Waals surface area contributed by atoms with Crippen molar-refractivity contribution in [1.29, 1.82) is 0 Å². The summed E-state index contributed by atoms with van der Waals surface area (Å²) in [5.74, 6) is 0. The normalized spacial score (nSPS) is 15.6. The molecule has 1 aromatic heterocycles. The average Bonchev–Trinajstić information content (AvgIpc) is 3.00. The zero-order valence-electron chi connectivity index (χ0n) is 11.5. The number of likely N-dealkylation sites (tertiary alicyclic amines) is 1. The maximum absolute atomic E-state index is 12.1. The lowest BCUT2D eigenvalue weighted by Gasteiger charge is -2.15. The van der Waals surface area contributed by atoms with E-state index in [9.17, 15) is 4.79 Å². The zero-order chi connectivity index (χ0) is 13.8. The lowest BCUT2D eigenvalue weighted by atomic mass is 10.1. The third kappa shape index (κ3) is 2.96. The van der Waals surface area contributed by atoms with Crippen LogP contribution >= 0.6 is 0 Å². The van der Waals surface area contributed by atoms with E-state index in [1.807, 2.05) is 30.3 Å². The number of rotatable bonds is 4. The topological polar surface area (TPSA) is 38.1 Å². The van der Waals surface area contributed by atoms with E-state index in [0.29, 0.717) is 0 Å². The Bertz CT molecular complexity index is 615. The Labute approximate surface area is 118 Å². The number of aromatic nitrogens is 2. The molecule has 1 saturated heterocycles. The van der Waals surface area contributed by atoms with Gasteiger partial charge in [-0.2, -0.15) is 0 Å². The van der Waals surface area contributed by atoms with Crippen molar-refractivity contribution in [3.05, 3.63) is 53.1 Å². The smallest absolute Gasteiger partial charge is 0.253 e. The van der Waals surface area contributed by atoms with Crippen LogP contribution in [0.25, 0.3) is 11.3 Å². The molecule has 1 fully saturated rings. The van der Waals surface area contributed by atoms with Gasteiger partial charge in [0.1, 0.15) is 0 Å². The van der Waals surface area contributed by atoms with Crippen molar-refractivity contribution in [1.82, 2.24) is 14.5 Å². The van der Waals surface area contributed by atoms with E-state index in [2.05, 4.69) is 9.88 Å². The van der Waals surface area contributed by atoms with Crippen LogP contribution in [0.15, 0.2) is 47.5 Å². The third-order valence-corrected chi connectivity index (χ3v) is 3.80. The van der Waals surface area contributed by atoms with Crippen molar-refractivity contribution in [3.63, 3.8) is 0 Å². The van der Waals surface area contributed by atoms with Gasteiger partial charge in [-0.1, -0.05) is 30.3 Å². The largest absolute Gasteiger partial charge is 0.302 e. The Balaban J connectivity index is 1.72. The maximum atomic E-state index is 12.1. The molecule has 4 nitrogen and oxygen atoms in total. The number of hydrogen-bond donors (Lipinski definition) is 0. The van der Waals surface area contributed by atoms with Crippen molar-refractivity contribution < 1.29 is 0 Å². The molecule has 3 rings (SSSR count). The molecule has 0 N–H and O–H groups in total. The molecule has 104 valence electrons. The fraction of sp³-hybridized carbons (Fsp3) is 0.375. The lowest BCUT2D eigenvalue weighted by Crippen LogP contribution is -2.29. The molecule has 20 heavy (non-hydrogen) atoms. The number of hydrogen-bond acceptors (Lipinski definition) is 3. The van der Waals surface area contributed by atoms with E-state index in [4.69, 9.17) is 0 Å². The summed E-state index contributed by atoms with van der Waals surface area (Å²) >= 11 is 0. The molecule has 2 heterocycles. The highest BCUT2D eigenvalue weighted by molar-refractivity contribution is 5.57. The second-order valence-corrected chi connectivity index (χ2v) is 5.22. The number of benzene rings is 1. The maximum Gasteiger partial charge on any atom is 0.253 e. The van der Waals surface area contributed by atoms with Gasteiger partial charge in [-0.05, 0) is 25.9 Å². The summed E-state index contributed by atoms with van der Waals surface area (Å²) in [7, 11) is 0. The summed E-state index contributed by atoms with van der Waals surface area (Å²) in [5.41, 5.74) is 1.75. The summed E-state index contributed by atoms with van der Waals surface area (Å²) in [6.45, 7) is 3.97. The molecule has 1 aliphatic rings. The Hall–Kier alpha value is -1.94. The van der Waals surface area contributed by atoms with Crippen molar-refractivity contribution in [3.8, 4) is 11.3 Å². The standard InChI is InChI=1S/C16H19N3O/c20-16-12-15(14-6-2-1-3-7-14)17-13-19(16)11-10-18-8-4-5-9-18/h1-3,6-7,12-13H,4-5,8-11H2. The van der Waals surface area contributed by atoms with E-state index < -0.39 is 0 Å². The predicted octanol–water partition coefficient (Wildman–Crippen LogP) is 2.01. The van der Waals surface area contributed by atoms with Crippen LogP contribution in [0.3, 0.4) is 0 Å². The molecule has 0 bridgehead atoms. The van der Waals surface area contributed by atoms with Crippen LogP contribution in [0.1, 0.15) is 12.8 Å². The van der Waals surface area contributed by atoms with Crippen molar-refractivity contribution in [2.24, 2.45) is 0 Å². The van der Waals surface area contributed by atoms with Crippen molar-refractivity contribution in [2.45, 2.75) is 19.4 Å². The molecule has 1 aliphatic heterocycles. The molecular weight excluding hydrogens is 250 g/mol. The lowest BCUT2D eigenvalue weighted by molar-refractivity contribution is 0.320. The van der Waals surface area contributed by atoms with Crippen LogP contribution in [-0.4, -0.2) is 34.1 Å². The Morgan fingerprint density at radius 1 is 1.05 bits per heavy atom. The minimum atomic E-state index is 0.0260. The summed E-state index contributed by atoms with van der Waals surface area (Å²) in [5, 5.41) is 0. The summed E-state index contributed by atoms with van der Waals surface area (Å²) < 4.78 is 1.70. The molecule has 1 aromatic carbocycles. The molecule has 0 unspecified atom stereocenters. The SMILES string of the molecule is O=c1cc(-c2ccccc2)ncn1CCN1CCCC1. The van der Waals surface area contributed by atoms with Crippen LogP contribution in [0.2, 0.25) is 0 Å². The molecule has 0 amide bonds. The molecule has 2 aromatic rings. The van der Waals surface area contributed by atoms with Crippen molar-refractivity contribution >= 4 is 0 Å². The van der Waals surface area contributed by atoms with E-state index in [0.717, 1.165) is 37.4 Å². The molecule has 0 spiro atoms. The monoisotopic (exact) mass is 269 g/mol. The zero-order valence-corrected chi connectivity index (χ0v) is 11.5. The Morgan fingerprint density at radius 3 is 2.50 bits per heavy atom. The van der Waals surface area contributed by atoms with Gasteiger partial charge in [0.25, 0.3) is 5.56 Å². The predicted molar refractivity (Wildman–Crippen MR) is 79.6 cm³/mol. The fourth-order valence-corrected chi connectivity index (χ4v) is 2.62. The fourth-order valence-electron chi connectivity index (χ4n) is 2.62. The second-order valence-electron chi connectivity index (χ2n) is 5.22. The van der Waals surface area contributed by atoms with Gasteiger partial charge in [-0.25, -0.2) is 4.98 Å². The molecule has 0 aliphatic carbocycles. The second kappa shape index (κ2) is 6.01. The minimum absolute atomic E-state index is 0.0260. The number of nitrogens with zero attached hydrogens (tertiary/aromatic N) is 3. The quantitative estimate of drug-likeness (QED) is 0.852. The van der Waals surface area contributed by atoms with Crippen LogP contribution in [-0.2, 0) is 6.54 Å². The minimum Gasteiger partial charge on any atom is -0.302 e. The van der Waals surface area contributed by atoms with E-state index in [-0.39, 0.29) is 5.56 Å². The van der Waals surface area contributed by atoms with Gasteiger partial charge in [0, 0.05) is 24.7 Å². The summed E-state index contributed by atoms with van der Waals surface area (Å²) in [6.07, 6.45) is 4.22. The summed E-state index contributed by atoms with van der Waals surface area (Å²) in [6, 6.07) is 11.4. The van der Waals surface area contributed by atoms with Gasteiger partial charge >= 0.3 is 0 Å². The molecule has 0 saturated carbocycles. The molecule has 4 heteroatoms. The van der Waals surface area contributed by atoms with Crippen LogP contribution in [0.5, 0.6) is 0 Å². The first-order valence-electron chi connectivity index (χ1n) is 7.17. The first-order valence-corrected chi connectivity index (χ1v) is 7.17. The van der Waals surface area contributed by atoms with Gasteiger partial charge in [0.15, 0.2) is 0 Å². The molecular formula is C16H19N3O. The Morgan fingerprint density at radius 2 is 1.80 bits per heavy atom. The molecule has 0 atom stereocenters. The highest BCUT2D eigenvalue weighted by Crippen LogP contribution is 2.13. The van der Waals surface area contributed by atoms with Crippen LogP contribution in [0.4, 0.5) is 0 Å². The van der Waals surface area contributed by atoms with Gasteiger partial charge < -0.3 is 4.90 Å². The first kappa shape index (κ1) is 13.1. The van der Waals surface area contributed by atoms with E-state index in [1.54, 1.807) is 17.0 Å². The van der Waals surface area contributed by atoms with E-state index >= 15 is 0 Å². The Kier molecular flexibility index (Phi) is 3.92. The highest BCUT2D eigenvalue weighted by atomic mass is 16.1. The van der Waals surface area contributed by atoms with Gasteiger partial charge in [-0.15, -0.1) is 0 Å². The van der Waals surface area contributed by atoms with Gasteiger partial charge in [0.2, 0.25) is 0 Å². The van der Waals surface area contributed by atoms with E-state index in [1.165, 1.54) is 12.8 Å². The van der Waals surface area contributed by atoms with Crippen LogP contribution in [0, 0.1) is 0 Å². The van der Waals surface area contributed by atoms with Gasteiger partial charge in [-0.3, -0.25) is 9.36 Å². The first-order chi connectivity index (χ1) is 9.83. The van der Waals surface area contributed by atoms with Gasteiger partial charge in [0.05, 0.1) is 12.0 Å². The summed E-state index contributed by atoms with van der Waals surface area (Å²) in [4.78, 5) is 18.9.